The molecule has 1 saturated heterocycles. The van der Waals surface area contributed by atoms with Gasteiger partial charge in [0.1, 0.15) is 17.3 Å². The summed E-state index contributed by atoms with van der Waals surface area (Å²) in [4.78, 5) is 32.6. The molecule has 3 rings (SSSR count). The van der Waals surface area contributed by atoms with E-state index in [1.54, 1.807) is 4.90 Å². The summed E-state index contributed by atoms with van der Waals surface area (Å²) in [5, 5.41) is 2.19. The Morgan fingerprint density at radius 3 is 2.31 bits per heavy atom. The van der Waals surface area contributed by atoms with Crippen molar-refractivity contribution in [2.45, 2.75) is 0 Å². The molecule has 6 nitrogen and oxygen atoms in total. The maximum atomic E-state index is 13.7. The number of rotatable bonds is 3. The van der Waals surface area contributed by atoms with Crippen LogP contribution in [0.1, 0.15) is 20.7 Å². The number of carbonyl (C=O) groups excluding carboxylic acids is 2. The predicted octanol–water partition coefficient (Wildman–Crippen LogP) is 2.00. The summed E-state index contributed by atoms with van der Waals surface area (Å²) in [6, 6.07) is 4.67. The average Bonchev–Trinajstić information content (AvgIpc) is 2.65. The molecule has 1 N–H and O–H groups in total. The highest BCUT2D eigenvalue weighted by atomic mass is 19.1. The summed E-state index contributed by atoms with van der Waals surface area (Å²) >= 11 is 0. The van der Waals surface area contributed by atoms with E-state index in [9.17, 15) is 18.4 Å². The highest BCUT2D eigenvalue weighted by molar-refractivity contribution is 6.06. The maximum Gasteiger partial charge on any atom is 0.257 e. The maximum absolute atomic E-state index is 13.7. The normalized spacial score (nSPS) is 15.0. The fourth-order valence-electron chi connectivity index (χ4n) is 2.68. The first-order chi connectivity index (χ1) is 12.5. The summed E-state index contributed by atoms with van der Waals surface area (Å²) in [6.07, 6.45) is 2.62. The lowest BCUT2D eigenvalue weighted by molar-refractivity contribution is 0.0663. The Kier molecular flexibility index (Phi) is 5.22. The predicted molar refractivity (Wildman–Crippen MR) is 91.9 cm³/mol. The van der Waals surface area contributed by atoms with Crippen molar-refractivity contribution in [3.05, 3.63) is 59.4 Å². The molecule has 1 aromatic heterocycles. The lowest BCUT2D eigenvalue weighted by Crippen LogP contribution is -2.47. The quantitative estimate of drug-likeness (QED) is 0.909. The number of likely N-dealkylation sites (N-methyl/N-ethyl adjacent to an activating group) is 1. The Bertz CT molecular complexity index is 815. The van der Waals surface area contributed by atoms with Crippen molar-refractivity contribution in [1.29, 1.82) is 0 Å². The highest BCUT2D eigenvalue weighted by Gasteiger charge is 2.22. The third-order valence-corrected chi connectivity index (χ3v) is 4.24. The molecule has 136 valence electrons. The first-order valence-electron chi connectivity index (χ1n) is 8.14. The third-order valence-electron chi connectivity index (χ3n) is 4.24. The standard InChI is InChI=1S/C18H18F2N4O2/c1-23-5-7-24(8-6-23)18(26)13-9-12(10-21-11-13)17(25)22-16-14(19)3-2-4-15(16)20/h2-4,9-11H,5-8H2,1H3,(H,22,25). The van der Waals surface area contributed by atoms with E-state index < -0.39 is 23.2 Å². The molecule has 2 aromatic rings. The van der Waals surface area contributed by atoms with Gasteiger partial charge in [0.15, 0.2) is 0 Å². The van der Waals surface area contributed by atoms with Crippen molar-refractivity contribution in [3.63, 3.8) is 0 Å². The number of para-hydroxylation sites is 1. The summed E-state index contributed by atoms with van der Waals surface area (Å²) in [6.45, 7) is 2.72. The smallest absolute Gasteiger partial charge is 0.257 e. The van der Waals surface area contributed by atoms with E-state index >= 15 is 0 Å². The molecule has 1 aliphatic heterocycles. The minimum atomic E-state index is -0.879. The van der Waals surface area contributed by atoms with Crippen molar-refractivity contribution < 1.29 is 18.4 Å². The summed E-state index contributed by atoms with van der Waals surface area (Å²) in [5.41, 5.74) is -0.225. The van der Waals surface area contributed by atoms with Crippen LogP contribution in [0.5, 0.6) is 0 Å². The first kappa shape index (κ1) is 17.9. The van der Waals surface area contributed by atoms with Gasteiger partial charge in [-0.1, -0.05) is 6.07 Å². The molecular formula is C18H18F2N4O2. The largest absolute Gasteiger partial charge is 0.336 e. The number of benzene rings is 1. The van der Waals surface area contributed by atoms with Gasteiger partial charge in [-0.15, -0.1) is 0 Å². The van der Waals surface area contributed by atoms with Crippen LogP contribution in [0.25, 0.3) is 0 Å². The number of amides is 2. The van der Waals surface area contributed by atoms with E-state index in [1.165, 1.54) is 24.5 Å². The van der Waals surface area contributed by atoms with Crippen LogP contribution in [0.4, 0.5) is 14.5 Å². The Hall–Kier alpha value is -2.87. The number of nitrogens with zero attached hydrogens (tertiary/aromatic N) is 3. The number of pyridine rings is 1. The number of carbonyl (C=O) groups is 2. The number of hydrogen-bond acceptors (Lipinski definition) is 4. The second kappa shape index (κ2) is 7.57. The monoisotopic (exact) mass is 360 g/mol. The molecule has 1 aromatic carbocycles. The zero-order chi connectivity index (χ0) is 18.7. The zero-order valence-corrected chi connectivity index (χ0v) is 14.2. The molecule has 2 heterocycles. The second-order valence-corrected chi connectivity index (χ2v) is 6.11. The SMILES string of the molecule is CN1CCN(C(=O)c2cncc(C(=O)Nc3c(F)cccc3F)c2)CC1. The molecular weight excluding hydrogens is 342 g/mol. The van der Waals surface area contributed by atoms with Gasteiger partial charge >= 0.3 is 0 Å². The second-order valence-electron chi connectivity index (χ2n) is 6.11. The van der Waals surface area contributed by atoms with Gasteiger partial charge in [-0.25, -0.2) is 8.78 Å². The Balaban J connectivity index is 1.76. The topological polar surface area (TPSA) is 65.5 Å². The van der Waals surface area contributed by atoms with Crippen molar-refractivity contribution in [1.82, 2.24) is 14.8 Å². The van der Waals surface area contributed by atoms with Crippen LogP contribution in [-0.2, 0) is 0 Å². The van der Waals surface area contributed by atoms with Crippen LogP contribution in [-0.4, -0.2) is 59.8 Å². The fourth-order valence-corrected chi connectivity index (χ4v) is 2.68. The Labute approximate surface area is 149 Å². The van der Waals surface area contributed by atoms with Gasteiger partial charge in [-0.3, -0.25) is 14.6 Å². The van der Waals surface area contributed by atoms with Crippen molar-refractivity contribution in [2.75, 3.05) is 38.5 Å². The Morgan fingerprint density at radius 2 is 1.65 bits per heavy atom. The number of piperazine rings is 1. The molecule has 0 bridgehead atoms. The summed E-state index contributed by atoms with van der Waals surface area (Å²) < 4.78 is 27.3. The van der Waals surface area contributed by atoms with E-state index in [1.807, 2.05) is 7.05 Å². The molecule has 2 amide bonds. The van der Waals surface area contributed by atoms with Crippen LogP contribution in [0.15, 0.2) is 36.7 Å². The van der Waals surface area contributed by atoms with Crippen LogP contribution in [0, 0.1) is 11.6 Å². The lowest BCUT2D eigenvalue weighted by Gasteiger charge is -2.32. The molecule has 0 atom stereocenters. The number of hydrogen-bond donors (Lipinski definition) is 1. The van der Waals surface area contributed by atoms with Gasteiger partial charge in [0.25, 0.3) is 11.8 Å². The third kappa shape index (κ3) is 3.85. The van der Waals surface area contributed by atoms with Gasteiger partial charge < -0.3 is 15.1 Å². The number of aromatic nitrogens is 1. The van der Waals surface area contributed by atoms with E-state index in [2.05, 4.69) is 15.2 Å². The molecule has 0 saturated carbocycles. The minimum absolute atomic E-state index is 0.0487. The number of anilines is 1. The number of halogens is 2. The van der Waals surface area contributed by atoms with Gasteiger partial charge in [-0.05, 0) is 25.2 Å². The van der Waals surface area contributed by atoms with Gasteiger partial charge in [0, 0.05) is 38.6 Å². The molecule has 1 fully saturated rings. The molecule has 0 spiro atoms. The van der Waals surface area contributed by atoms with Crippen LogP contribution in [0.3, 0.4) is 0 Å². The van der Waals surface area contributed by atoms with Crippen LogP contribution < -0.4 is 5.32 Å². The molecule has 0 aliphatic carbocycles. The van der Waals surface area contributed by atoms with E-state index in [0.717, 1.165) is 25.2 Å². The number of nitrogens with one attached hydrogen (secondary N) is 1. The highest BCUT2D eigenvalue weighted by Crippen LogP contribution is 2.19. The molecule has 0 unspecified atom stereocenters. The molecule has 26 heavy (non-hydrogen) atoms. The van der Waals surface area contributed by atoms with E-state index in [0.29, 0.717) is 13.1 Å². The Morgan fingerprint density at radius 1 is 1.04 bits per heavy atom. The fraction of sp³-hybridized carbons (Fsp3) is 0.278. The van der Waals surface area contributed by atoms with Gasteiger partial charge in [0.05, 0.1) is 11.1 Å². The first-order valence-corrected chi connectivity index (χ1v) is 8.14. The van der Waals surface area contributed by atoms with E-state index in [-0.39, 0.29) is 17.0 Å². The summed E-state index contributed by atoms with van der Waals surface area (Å²) in [5.74, 6) is -2.72. The molecule has 8 heteroatoms. The molecule has 1 aliphatic rings. The van der Waals surface area contributed by atoms with Crippen LogP contribution in [0.2, 0.25) is 0 Å². The zero-order valence-electron chi connectivity index (χ0n) is 14.2. The van der Waals surface area contributed by atoms with Gasteiger partial charge in [0.2, 0.25) is 0 Å². The molecule has 0 radical (unpaired) electrons. The van der Waals surface area contributed by atoms with Crippen molar-refractivity contribution >= 4 is 17.5 Å². The van der Waals surface area contributed by atoms with E-state index in [4.69, 9.17) is 0 Å². The average molecular weight is 360 g/mol. The van der Waals surface area contributed by atoms with Crippen LogP contribution >= 0.6 is 0 Å². The van der Waals surface area contributed by atoms with Crippen molar-refractivity contribution in [3.8, 4) is 0 Å². The van der Waals surface area contributed by atoms with Crippen molar-refractivity contribution in [2.24, 2.45) is 0 Å². The summed E-state index contributed by atoms with van der Waals surface area (Å²) in [7, 11) is 1.98. The lowest BCUT2D eigenvalue weighted by atomic mass is 10.1. The minimum Gasteiger partial charge on any atom is -0.336 e. The van der Waals surface area contributed by atoms with Gasteiger partial charge in [-0.2, -0.15) is 0 Å².